The number of carbonyl (C=O) groups excluding carboxylic acids is 1. The first-order valence-electron chi connectivity index (χ1n) is 6.67. The van der Waals surface area contributed by atoms with Gasteiger partial charge >= 0.3 is 0 Å². The summed E-state index contributed by atoms with van der Waals surface area (Å²) < 4.78 is 1.82. The zero-order valence-electron chi connectivity index (χ0n) is 12.1. The third-order valence-electron chi connectivity index (χ3n) is 3.24. The van der Waals surface area contributed by atoms with E-state index < -0.39 is 0 Å². The predicted octanol–water partition coefficient (Wildman–Crippen LogP) is 1.10. The van der Waals surface area contributed by atoms with Crippen molar-refractivity contribution >= 4 is 11.9 Å². The highest BCUT2D eigenvalue weighted by Gasteiger charge is 2.13. The molecule has 2 heterocycles. The largest absolute Gasteiger partial charge is 0.295 e. The van der Waals surface area contributed by atoms with E-state index in [0.29, 0.717) is 31.8 Å². The first-order valence-corrected chi connectivity index (χ1v) is 6.67. The van der Waals surface area contributed by atoms with E-state index >= 15 is 0 Å². The highest BCUT2D eigenvalue weighted by atomic mass is 16.1. The average Bonchev–Trinajstić information content (AvgIpc) is 3.04. The first-order chi connectivity index (χ1) is 10.1. The molecule has 1 amide bonds. The van der Waals surface area contributed by atoms with Crippen molar-refractivity contribution in [1.82, 2.24) is 25.0 Å². The molecule has 8 heteroatoms. The van der Waals surface area contributed by atoms with Crippen LogP contribution in [-0.2, 0) is 17.8 Å². The van der Waals surface area contributed by atoms with Gasteiger partial charge in [0, 0.05) is 12.1 Å². The van der Waals surface area contributed by atoms with Gasteiger partial charge in [-0.05, 0) is 25.8 Å². The molecule has 2 N–H and O–H groups in total. The quantitative estimate of drug-likeness (QED) is 0.826. The molecule has 2 rings (SSSR count). The number of hydrogen-bond donors (Lipinski definition) is 2. The van der Waals surface area contributed by atoms with Gasteiger partial charge in [-0.15, -0.1) is 0 Å². The van der Waals surface area contributed by atoms with Crippen LogP contribution in [0.2, 0.25) is 0 Å². The summed E-state index contributed by atoms with van der Waals surface area (Å²) in [5, 5.41) is 21.9. The summed E-state index contributed by atoms with van der Waals surface area (Å²) in [6, 6.07) is 2.11. The van der Waals surface area contributed by atoms with Crippen molar-refractivity contribution < 1.29 is 4.79 Å². The first kappa shape index (κ1) is 14.7. The van der Waals surface area contributed by atoms with Crippen LogP contribution < -0.4 is 5.32 Å². The molecule has 0 aliphatic heterocycles. The van der Waals surface area contributed by atoms with Crippen molar-refractivity contribution in [1.29, 1.82) is 5.26 Å². The molecule has 0 atom stereocenters. The Morgan fingerprint density at radius 2 is 2.33 bits per heavy atom. The molecule has 0 aliphatic carbocycles. The van der Waals surface area contributed by atoms with Gasteiger partial charge in [-0.25, -0.2) is 5.10 Å². The van der Waals surface area contributed by atoms with Gasteiger partial charge in [-0.3, -0.25) is 14.8 Å². The minimum Gasteiger partial charge on any atom is -0.295 e. The zero-order valence-corrected chi connectivity index (χ0v) is 12.1. The third-order valence-corrected chi connectivity index (χ3v) is 3.24. The van der Waals surface area contributed by atoms with Crippen LogP contribution in [0, 0.1) is 25.2 Å². The fourth-order valence-corrected chi connectivity index (χ4v) is 2.17. The number of anilines is 1. The Morgan fingerprint density at radius 3 is 3.00 bits per heavy atom. The molecule has 0 aliphatic rings. The molecule has 0 spiro atoms. The Kier molecular flexibility index (Phi) is 4.66. The van der Waals surface area contributed by atoms with Crippen LogP contribution in [-0.4, -0.2) is 30.9 Å². The third kappa shape index (κ3) is 3.66. The van der Waals surface area contributed by atoms with Crippen LogP contribution in [0.15, 0.2) is 6.33 Å². The molecule has 0 radical (unpaired) electrons. The molecule has 0 saturated heterocycles. The van der Waals surface area contributed by atoms with Crippen molar-refractivity contribution in [2.75, 3.05) is 5.32 Å². The fourth-order valence-electron chi connectivity index (χ4n) is 2.17. The Hall–Kier alpha value is -2.69. The van der Waals surface area contributed by atoms with Gasteiger partial charge in [-0.2, -0.15) is 20.4 Å². The summed E-state index contributed by atoms with van der Waals surface area (Å²) in [4.78, 5) is 15.7. The summed E-state index contributed by atoms with van der Waals surface area (Å²) >= 11 is 0. The lowest BCUT2D eigenvalue weighted by molar-refractivity contribution is -0.116. The van der Waals surface area contributed by atoms with E-state index in [2.05, 4.69) is 31.7 Å². The number of amides is 1. The summed E-state index contributed by atoms with van der Waals surface area (Å²) in [6.07, 6.45) is 2.70. The number of aromatic amines is 1. The predicted molar refractivity (Wildman–Crippen MR) is 75.3 cm³/mol. The maximum Gasteiger partial charge on any atom is 0.227 e. The molecule has 0 bridgehead atoms. The number of carbonyl (C=O) groups is 1. The topological polar surface area (TPSA) is 112 Å². The van der Waals surface area contributed by atoms with E-state index in [1.807, 2.05) is 18.5 Å². The molecule has 2 aromatic rings. The lowest BCUT2D eigenvalue weighted by atomic mass is 10.1. The minimum atomic E-state index is -0.129. The summed E-state index contributed by atoms with van der Waals surface area (Å²) in [6.45, 7) is 4.45. The lowest BCUT2D eigenvalue weighted by Crippen LogP contribution is -2.13. The van der Waals surface area contributed by atoms with Crippen LogP contribution >= 0.6 is 0 Å². The van der Waals surface area contributed by atoms with Crippen LogP contribution in [0.1, 0.15) is 29.8 Å². The van der Waals surface area contributed by atoms with Crippen LogP contribution in [0.3, 0.4) is 0 Å². The van der Waals surface area contributed by atoms with E-state index in [-0.39, 0.29) is 5.91 Å². The summed E-state index contributed by atoms with van der Waals surface area (Å²) in [5.74, 6) is 0.216. The molecule has 21 heavy (non-hydrogen) atoms. The fraction of sp³-hybridized carbons (Fsp3) is 0.462. The van der Waals surface area contributed by atoms with E-state index in [0.717, 1.165) is 17.0 Å². The number of nitrogens with zero attached hydrogens (tertiary/aromatic N) is 5. The normalized spacial score (nSPS) is 10.3. The molecule has 0 saturated carbocycles. The Labute approximate surface area is 122 Å². The second kappa shape index (κ2) is 6.65. The van der Waals surface area contributed by atoms with Crippen LogP contribution in [0.25, 0.3) is 0 Å². The molecule has 0 fully saturated rings. The van der Waals surface area contributed by atoms with Crippen molar-refractivity contribution in [2.45, 2.75) is 39.7 Å². The summed E-state index contributed by atoms with van der Waals surface area (Å²) in [7, 11) is 0. The van der Waals surface area contributed by atoms with Gasteiger partial charge in [0.25, 0.3) is 0 Å². The second-order valence-corrected chi connectivity index (χ2v) is 4.66. The van der Waals surface area contributed by atoms with Gasteiger partial charge in [0.15, 0.2) is 0 Å². The maximum absolute atomic E-state index is 11.8. The van der Waals surface area contributed by atoms with Crippen LogP contribution in [0.5, 0.6) is 0 Å². The molecule has 8 nitrogen and oxygen atoms in total. The number of nitrogens with one attached hydrogen (secondary N) is 2. The number of H-pyrrole nitrogens is 1. The smallest absolute Gasteiger partial charge is 0.227 e. The molecule has 0 aromatic carbocycles. The van der Waals surface area contributed by atoms with Crippen LogP contribution in [0.4, 0.5) is 5.95 Å². The van der Waals surface area contributed by atoms with Gasteiger partial charge in [-0.1, -0.05) is 0 Å². The van der Waals surface area contributed by atoms with Crippen molar-refractivity contribution in [3.05, 3.63) is 23.3 Å². The monoisotopic (exact) mass is 287 g/mol. The minimum absolute atomic E-state index is 0.129. The Balaban J connectivity index is 1.95. The lowest BCUT2D eigenvalue weighted by Gasteiger charge is -2.04. The average molecular weight is 287 g/mol. The van der Waals surface area contributed by atoms with Gasteiger partial charge in [0.05, 0.1) is 24.7 Å². The van der Waals surface area contributed by atoms with E-state index in [9.17, 15) is 4.79 Å². The zero-order chi connectivity index (χ0) is 15.2. The highest BCUT2D eigenvalue weighted by Crippen LogP contribution is 2.15. The Morgan fingerprint density at radius 1 is 1.52 bits per heavy atom. The van der Waals surface area contributed by atoms with E-state index in [4.69, 9.17) is 5.26 Å². The van der Waals surface area contributed by atoms with E-state index in [1.165, 1.54) is 6.33 Å². The molecule has 0 unspecified atom stereocenters. The summed E-state index contributed by atoms with van der Waals surface area (Å²) in [5.41, 5.74) is 2.97. The van der Waals surface area contributed by atoms with Gasteiger partial charge in [0.2, 0.25) is 11.9 Å². The van der Waals surface area contributed by atoms with Gasteiger partial charge < -0.3 is 0 Å². The van der Waals surface area contributed by atoms with Crippen molar-refractivity contribution in [2.24, 2.45) is 0 Å². The highest BCUT2D eigenvalue weighted by molar-refractivity contribution is 5.88. The number of hydrogen-bond acceptors (Lipinski definition) is 5. The maximum atomic E-state index is 11.8. The Bertz CT molecular complexity index is 651. The van der Waals surface area contributed by atoms with Crippen molar-refractivity contribution in [3.63, 3.8) is 0 Å². The molecular formula is C13H17N7O. The number of aryl methyl sites for hydroxylation is 2. The number of rotatable bonds is 6. The molecular weight excluding hydrogens is 270 g/mol. The molecule has 110 valence electrons. The number of nitriles is 1. The second-order valence-electron chi connectivity index (χ2n) is 4.66. The van der Waals surface area contributed by atoms with Gasteiger partial charge in [0.1, 0.15) is 6.33 Å². The van der Waals surface area contributed by atoms with Crippen molar-refractivity contribution in [3.8, 4) is 6.07 Å². The molecule has 2 aromatic heterocycles. The van der Waals surface area contributed by atoms with E-state index in [1.54, 1.807) is 0 Å². The SMILES string of the molecule is Cc1nn(CCC#N)c(C)c1CCC(=O)Nc1ncn[nH]1. The standard InChI is InChI=1S/C13H17N7O/c1-9-11(10(2)20(19-9)7-3-6-14)4-5-12(21)17-13-15-8-16-18-13/h8H,3-5,7H2,1-2H3,(H2,15,16,17,18,21). The number of aromatic nitrogens is 5.